The first-order chi connectivity index (χ1) is 10.2. The van der Waals surface area contributed by atoms with Gasteiger partial charge in [-0.2, -0.15) is 0 Å². The SMILES string of the molecule is CCN1CCC(NC(=O)c2sc3ccccc3c2Cl)CC1. The van der Waals surface area contributed by atoms with Crippen molar-refractivity contribution in [2.24, 2.45) is 0 Å². The molecule has 0 unspecified atom stereocenters. The quantitative estimate of drug-likeness (QED) is 0.933. The Labute approximate surface area is 133 Å². The fourth-order valence-corrected chi connectivity index (χ4v) is 4.22. The van der Waals surface area contributed by atoms with E-state index in [0.717, 1.165) is 42.6 Å². The van der Waals surface area contributed by atoms with E-state index in [1.807, 2.05) is 24.3 Å². The number of benzene rings is 1. The number of rotatable bonds is 3. The molecule has 0 aliphatic carbocycles. The van der Waals surface area contributed by atoms with Gasteiger partial charge in [-0.1, -0.05) is 36.7 Å². The maximum Gasteiger partial charge on any atom is 0.263 e. The van der Waals surface area contributed by atoms with Crippen LogP contribution in [-0.2, 0) is 0 Å². The highest BCUT2D eigenvalue weighted by molar-refractivity contribution is 7.21. The van der Waals surface area contributed by atoms with Gasteiger partial charge in [0, 0.05) is 29.2 Å². The van der Waals surface area contributed by atoms with Crippen LogP contribution in [0.5, 0.6) is 0 Å². The molecule has 0 radical (unpaired) electrons. The first kappa shape index (κ1) is 14.8. The van der Waals surface area contributed by atoms with Crippen LogP contribution >= 0.6 is 22.9 Å². The zero-order chi connectivity index (χ0) is 14.8. The summed E-state index contributed by atoms with van der Waals surface area (Å²) in [6, 6.07) is 8.15. The van der Waals surface area contributed by atoms with Crippen molar-refractivity contribution < 1.29 is 4.79 Å². The lowest BCUT2D eigenvalue weighted by atomic mass is 10.1. The van der Waals surface area contributed by atoms with E-state index < -0.39 is 0 Å². The summed E-state index contributed by atoms with van der Waals surface area (Å²) in [5, 5.41) is 4.69. The molecule has 112 valence electrons. The Bertz CT molecular complexity index is 647. The van der Waals surface area contributed by atoms with Gasteiger partial charge >= 0.3 is 0 Å². The first-order valence-electron chi connectivity index (χ1n) is 7.39. The minimum Gasteiger partial charge on any atom is -0.348 e. The molecule has 5 heteroatoms. The summed E-state index contributed by atoms with van der Waals surface area (Å²) in [7, 11) is 0. The van der Waals surface area contributed by atoms with E-state index in [-0.39, 0.29) is 11.9 Å². The minimum absolute atomic E-state index is 0.0313. The summed E-state index contributed by atoms with van der Waals surface area (Å²) in [6.45, 7) is 5.38. The highest BCUT2D eigenvalue weighted by Crippen LogP contribution is 2.35. The monoisotopic (exact) mass is 322 g/mol. The Morgan fingerprint density at radius 2 is 2.10 bits per heavy atom. The lowest BCUT2D eigenvalue weighted by Gasteiger charge is -2.31. The molecule has 1 saturated heterocycles. The van der Waals surface area contributed by atoms with Crippen LogP contribution in [0.4, 0.5) is 0 Å². The van der Waals surface area contributed by atoms with Crippen molar-refractivity contribution in [1.82, 2.24) is 10.2 Å². The van der Waals surface area contributed by atoms with Crippen LogP contribution < -0.4 is 5.32 Å². The van der Waals surface area contributed by atoms with Gasteiger partial charge in [-0.3, -0.25) is 4.79 Å². The molecule has 3 nitrogen and oxygen atoms in total. The average Bonchev–Trinajstić information content (AvgIpc) is 2.86. The van der Waals surface area contributed by atoms with E-state index in [1.54, 1.807) is 0 Å². The second-order valence-corrected chi connectivity index (χ2v) is 6.85. The second-order valence-electron chi connectivity index (χ2n) is 5.42. The summed E-state index contributed by atoms with van der Waals surface area (Å²) < 4.78 is 1.06. The van der Waals surface area contributed by atoms with Gasteiger partial charge in [0.15, 0.2) is 0 Å². The van der Waals surface area contributed by atoms with Gasteiger partial charge in [0.05, 0.1) is 5.02 Å². The second kappa shape index (κ2) is 6.34. The number of halogens is 1. The lowest BCUT2D eigenvalue weighted by Crippen LogP contribution is -2.44. The molecule has 1 aliphatic heterocycles. The van der Waals surface area contributed by atoms with Crippen LogP contribution in [0.1, 0.15) is 29.4 Å². The summed E-state index contributed by atoms with van der Waals surface area (Å²) in [4.78, 5) is 15.5. The molecule has 1 N–H and O–H groups in total. The molecule has 3 rings (SSSR count). The molecule has 0 bridgehead atoms. The number of nitrogens with one attached hydrogen (secondary N) is 1. The summed E-state index contributed by atoms with van der Waals surface area (Å²) in [5.74, 6) is -0.0313. The first-order valence-corrected chi connectivity index (χ1v) is 8.58. The third-order valence-electron chi connectivity index (χ3n) is 4.11. The number of amides is 1. The van der Waals surface area contributed by atoms with Crippen molar-refractivity contribution in [3.05, 3.63) is 34.2 Å². The summed E-state index contributed by atoms with van der Waals surface area (Å²) >= 11 is 7.83. The number of carbonyl (C=O) groups excluding carboxylic acids is 1. The van der Waals surface area contributed by atoms with E-state index in [0.29, 0.717) is 9.90 Å². The Hall–Kier alpha value is -1.10. The molecular formula is C16H19ClN2OS. The van der Waals surface area contributed by atoms with Gasteiger partial charge < -0.3 is 10.2 Å². The smallest absolute Gasteiger partial charge is 0.263 e. The van der Waals surface area contributed by atoms with Crippen LogP contribution in [0.2, 0.25) is 5.02 Å². The fourth-order valence-electron chi connectivity index (χ4n) is 2.80. The van der Waals surface area contributed by atoms with Gasteiger partial charge in [-0.25, -0.2) is 0 Å². The molecule has 2 aromatic rings. The number of thiophene rings is 1. The number of nitrogens with zero attached hydrogens (tertiary/aromatic N) is 1. The van der Waals surface area contributed by atoms with Crippen LogP contribution in [0.15, 0.2) is 24.3 Å². The van der Waals surface area contributed by atoms with Gasteiger partial charge in [-0.05, 0) is 25.5 Å². The van der Waals surface area contributed by atoms with Crippen LogP contribution in [0, 0.1) is 0 Å². The fraction of sp³-hybridized carbons (Fsp3) is 0.438. The standard InChI is InChI=1S/C16H19ClN2OS/c1-2-19-9-7-11(8-10-19)18-16(20)15-14(17)12-5-3-4-6-13(12)21-15/h3-6,11H,2,7-10H2,1H3,(H,18,20). The molecule has 1 aromatic heterocycles. The van der Waals surface area contributed by atoms with Crippen molar-refractivity contribution in [2.75, 3.05) is 19.6 Å². The predicted octanol–water partition coefficient (Wildman–Crippen LogP) is 3.77. The van der Waals surface area contributed by atoms with Crippen LogP contribution in [0.3, 0.4) is 0 Å². The van der Waals surface area contributed by atoms with Crippen molar-refractivity contribution in [2.45, 2.75) is 25.8 Å². The predicted molar refractivity (Wildman–Crippen MR) is 89.4 cm³/mol. The molecule has 0 atom stereocenters. The minimum atomic E-state index is -0.0313. The molecule has 1 fully saturated rings. The van der Waals surface area contributed by atoms with Gasteiger partial charge in [0.1, 0.15) is 4.88 Å². The Balaban J connectivity index is 1.71. The Morgan fingerprint density at radius 3 is 2.76 bits per heavy atom. The third-order valence-corrected chi connectivity index (χ3v) is 5.79. The topological polar surface area (TPSA) is 32.3 Å². The zero-order valence-electron chi connectivity index (χ0n) is 12.1. The van der Waals surface area contributed by atoms with Gasteiger partial charge in [-0.15, -0.1) is 11.3 Å². The van der Waals surface area contributed by atoms with Gasteiger partial charge in [0.25, 0.3) is 5.91 Å². The summed E-state index contributed by atoms with van der Waals surface area (Å²) in [5.41, 5.74) is 0. The molecule has 0 spiro atoms. The van der Waals surface area contributed by atoms with Crippen LogP contribution in [0.25, 0.3) is 10.1 Å². The van der Waals surface area contributed by atoms with E-state index in [4.69, 9.17) is 11.6 Å². The van der Waals surface area contributed by atoms with Crippen LogP contribution in [-0.4, -0.2) is 36.5 Å². The van der Waals surface area contributed by atoms with E-state index in [9.17, 15) is 4.79 Å². The number of likely N-dealkylation sites (tertiary alicyclic amines) is 1. The number of piperidine rings is 1. The molecule has 1 aliphatic rings. The highest BCUT2D eigenvalue weighted by Gasteiger charge is 2.23. The largest absolute Gasteiger partial charge is 0.348 e. The third kappa shape index (κ3) is 3.07. The van der Waals surface area contributed by atoms with Crippen molar-refractivity contribution in [3.63, 3.8) is 0 Å². The highest BCUT2D eigenvalue weighted by atomic mass is 35.5. The zero-order valence-corrected chi connectivity index (χ0v) is 13.6. The Morgan fingerprint density at radius 1 is 1.38 bits per heavy atom. The molecule has 1 amide bonds. The average molecular weight is 323 g/mol. The normalized spacial score (nSPS) is 17.2. The van der Waals surface area contributed by atoms with Crippen molar-refractivity contribution >= 4 is 38.9 Å². The molecule has 21 heavy (non-hydrogen) atoms. The Kier molecular flexibility index (Phi) is 4.48. The van der Waals surface area contributed by atoms with Crippen molar-refractivity contribution in [1.29, 1.82) is 0 Å². The molecule has 0 saturated carbocycles. The van der Waals surface area contributed by atoms with Gasteiger partial charge in [0.2, 0.25) is 0 Å². The maximum absolute atomic E-state index is 12.5. The molecular weight excluding hydrogens is 304 g/mol. The number of hydrogen-bond donors (Lipinski definition) is 1. The number of hydrogen-bond acceptors (Lipinski definition) is 3. The number of fused-ring (bicyclic) bond motifs is 1. The molecule has 2 heterocycles. The maximum atomic E-state index is 12.5. The van der Waals surface area contributed by atoms with Crippen molar-refractivity contribution in [3.8, 4) is 0 Å². The lowest BCUT2D eigenvalue weighted by molar-refractivity contribution is 0.0917. The van der Waals surface area contributed by atoms with E-state index in [1.165, 1.54) is 11.3 Å². The summed E-state index contributed by atoms with van der Waals surface area (Å²) in [6.07, 6.45) is 2.03. The van der Waals surface area contributed by atoms with E-state index >= 15 is 0 Å². The number of carbonyl (C=O) groups is 1. The van der Waals surface area contributed by atoms with E-state index in [2.05, 4.69) is 17.1 Å². The molecule has 1 aromatic carbocycles.